The highest BCUT2D eigenvalue weighted by atomic mass is 35.5. The van der Waals surface area contributed by atoms with E-state index in [4.69, 9.17) is 11.6 Å². The van der Waals surface area contributed by atoms with E-state index in [1.54, 1.807) is 0 Å². The maximum atomic E-state index is 10.0. The van der Waals surface area contributed by atoms with Crippen LogP contribution < -0.4 is 0 Å². The number of unbranched alkanes of at least 4 members (excludes halogenated alkanes) is 1. The molecule has 0 aromatic heterocycles. The molecule has 1 radical (unpaired) electrons. The van der Waals surface area contributed by atoms with Crippen molar-refractivity contribution in [2.75, 3.05) is 6.61 Å². The fourth-order valence-electron chi connectivity index (χ4n) is 0.509. The lowest BCUT2D eigenvalue weighted by atomic mass is 10.2. The maximum Gasteiger partial charge on any atom is 0.0985 e. The van der Waals surface area contributed by atoms with Crippen LogP contribution in [0.5, 0.6) is 0 Å². The monoisotopic (exact) mass is 135 g/mol. The van der Waals surface area contributed by atoms with Crippen molar-refractivity contribution in [2.24, 2.45) is 0 Å². The summed E-state index contributed by atoms with van der Waals surface area (Å²) in [6.45, 7) is 1.95. The van der Waals surface area contributed by atoms with E-state index < -0.39 is 0 Å². The Bertz CT molecular complexity index is 47.8. The summed E-state index contributed by atoms with van der Waals surface area (Å²) in [7, 11) is 0. The molecule has 1 atom stereocenters. The van der Waals surface area contributed by atoms with Crippen molar-refractivity contribution in [2.45, 2.75) is 31.6 Å². The first-order valence-electron chi connectivity index (χ1n) is 3.03. The second-order valence-corrected chi connectivity index (χ2v) is 2.52. The van der Waals surface area contributed by atoms with E-state index in [-0.39, 0.29) is 12.0 Å². The van der Waals surface area contributed by atoms with Crippen LogP contribution in [-0.4, -0.2) is 12.0 Å². The zero-order chi connectivity index (χ0) is 6.41. The fraction of sp³-hybridized carbons (Fsp3) is 1.00. The molecule has 0 heterocycles. The Morgan fingerprint density at radius 2 is 2.25 bits per heavy atom. The van der Waals surface area contributed by atoms with Gasteiger partial charge in [-0.25, -0.2) is 5.11 Å². The van der Waals surface area contributed by atoms with E-state index in [0.29, 0.717) is 0 Å². The lowest BCUT2D eigenvalue weighted by molar-refractivity contribution is 0.189. The van der Waals surface area contributed by atoms with Gasteiger partial charge in [-0.3, -0.25) is 0 Å². The largest absolute Gasteiger partial charge is 0.235 e. The van der Waals surface area contributed by atoms with Crippen LogP contribution in [0.2, 0.25) is 0 Å². The molecule has 2 heteroatoms. The van der Waals surface area contributed by atoms with Gasteiger partial charge in [0, 0.05) is 0 Å². The second kappa shape index (κ2) is 5.39. The lowest BCUT2D eigenvalue weighted by Gasteiger charge is -1.99. The van der Waals surface area contributed by atoms with Crippen LogP contribution in [0.4, 0.5) is 0 Å². The predicted octanol–water partition coefficient (Wildman–Crippen LogP) is 2.21. The molecule has 0 aliphatic rings. The first-order chi connectivity index (χ1) is 3.81. The molecule has 0 saturated heterocycles. The highest BCUT2D eigenvalue weighted by molar-refractivity contribution is 6.20. The van der Waals surface area contributed by atoms with Gasteiger partial charge in [0.25, 0.3) is 0 Å². The van der Waals surface area contributed by atoms with Crippen LogP contribution in [-0.2, 0) is 5.11 Å². The minimum atomic E-state index is -0.137. The summed E-state index contributed by atoms with van der Waals surface area (Å²) in [6.07, 6.45) is 3.08. The van der Waals surface area contributed by atoms with Gasteiger partial charge in [-0.15, -0.1) is 11.6 Å². The molecule has 0 amide bonds. The van der Waals surface area contributed by atoms with Gasteiger partial charge in [-0.1, -0.05) is 19.8 Å². The zero-order valence-electron chi connectivity index (χ0n) is 5.19. The van der Waals surface area contributed by atoms with Crippen molar-refractivity contribution in [3.05, 3.63) is 0 Å². The van der Waals surface area contributed by atoms with E-state index in [0.717, 1.165) is 19.3 Å². The quantitative estimate of drug-likeness (QED) is 0.527. The summed E-state index contributed by atoms with van der Waals surface area (Å²) in [6, 6.07) is 0. The van der Waals surface area contributed by atoms with E-state index in [9.17, 15) is 5.11 Å². The lowest BCUT2D eigenvalue weighted by Crippen LogP contribution is -2.01. The Hall–Kier alpha value is 0.250. The van der Waals surface area contributed by atoms with Gasteiger partial charge in [0.2, 0.25) is 0 Å². The van der Waals surface area contributed by atoms with Crippen LogP contribution in [0, 0.1) is 0 Å². The number of hydrogen-bond acceptors (Lipinski definition) is 0. The molecule has 0 N–H and O–H groups in total. The molecule has 0 aromatic rings. The topological polar surface area (TPSA) is 19.9 Å². The normalized spacial score (nSPS) is 13.9. The Morgan fingerprint density at radius 3 is 2.62 bits per heavy atom. The van der Waals surface area contributed by atoms with Gasteiger partial charge >= 0.3 is 0 Å². The summed E-state index contributed by atoms with van der Waals surface area (Å²) < 4.78 is 0. The van der Waals surface area contributed by atoms with Crippen molar-refractivity contribution < 1.29 is 5.11 Å². The summed E-state index contributed by atoms with van der Waals surface area (Å²) in [5.41, 5.74) is 0. The van der Waals surface area contributed by atoms with Crippen molar-refractivity contribution >= 4 is 11.6 Å². The number of alkyl halides is 1. The third-order valence-corrected chi connectivity index (χ3v) is 1.40. The van der Waals surface area contributed by atoms with Crippen LogP contribution >= 0.6 is 11.6 Å². The molecule has 0 aliphatic heterocycles. The molecule has 0 aliphatic carbocycles. The van der Waals surface area contributed by atoms with Crippen molar-refractivity contribution in [1.29, 1.82) is 0 Å². The molecule has 0 spiro atoms. The highest BCUT2D eigenvalue weighted by Crippen LogP contribution is 2.05. The van der Waals surface area contributed by atoms with Gasteiger partial charge in [-0.2, -0.15) is 0 Å². The van der Waals surface area contributed by atoms with Gasteiger partial charge in [-0.05, 0) is 6.42 Å². The van der Waals surface area contributed by atoms with E-state index in [1.807, 2.05) is 0 Å². The van der Waals surface area contributed by atoms with E-state index in [2.05, 4.69) is 6.92 Å². The fourth-order valence-corrected chi connectivity index (χ4v) is 0.663. The maximum absolute atomic E-state index is 10.0. The van der Waals surface area contributed by atoms with Gasteiger partial charge in [0.1, 0.15) is 0 Å². The molecule has 49 valence electrons. The molecular weight excluding hydrogens is 124 g/mol. The van der Waals surface area contributed by atoms with Crippen LogP contribution in [0.25, 0.3) is 0 Å². The standard InChI is InChI=1S/C6H12ClO/c1-2-3-4-6(7)5-8/h6H,2-5H2,1H3. The SMILES string of the molecule is CCCCC(Cl)C[O]. The minimum absolute atomic E-state index is 0.130. The van der Waals surface area contributed by atoms with Crippen LogP contribution in [0.15, 0.2) is 0 Å². The van der Waals surface area contributed by atoms with E-state index >= 15 is 0 Å². The molecule has 0 rings (SSSR count). The van der Waals surface area contributed by atoms with Crippen molar-refractivity contribution in [1.82, 2.24) is 0 Å². The predicted molar refractivity (Wildman–Crippen MR) is 34.7 cm³/mol. The third kappa shape index (κ3) is 4.41. The van der Waals surface area contributed by atoms with Gasteiger partial charge in [0.15, 0.2) is 0 Å². The van der Waals surface area contributed by atoms with Crippen LogP contribution in [0.1, 0.15) is 26.2 Å². The molecule has 0 bridgehead atoms. The van der Waals surface area contributed by atoms with Gasteiger partial charge < -0.3 is 0 Å². The van der Waals surface area contributed by atoms with Crippen LogP contribution in [0.3, 0.4) is 0 Å². The first kappa shape index (κ1) is 8.25. The molecule has 1 unspecified atom stereocenters. The molecule has 0 saturated carbocycles. The first-order valence-corrected chi connectivity index (χ1v) is 3.47. The molecule has 0 fully saturated rings. The zero-order valence-corrected chi connectivity index (χ0v) is 5.95. The van der Waals surface area contributed by atoms with Gasteiger partial charge in [0.05, 0.1) is 12.0 Å². The van der Waals surface area contributed by atoms with E-state index in [1.165, 1.54) is 0 Å². The van der Waals surface area contributed by atoms with Crippen molar-refractivity contribution in [3.8, 4) is 0 Å². The van der Waals surface area contributed by atoms with Crippen molar-refractivity contribution in [3.63, 3.8) is 0 Å². The minimum Gasteiger partial charge on any atom is -0.235 e. The average Bonchev–Trinajstić information content (AvgIpc) is 1.83. The summed E-state index contributed by atoms with van der Waals surface area (Å²) >= 11 is 5.53. The highest BCUT2D eigenvalue weighted by Gasteiger charge is 1.99. The number of hydrogen-bond donors (Lipinski definition) is 0. The molecule has 1 nitrogen and oxygen atoms in total. The summed E-state index contributed by atoms with van der Waals surface area (Å²) in [5, 5.41) is 9.87. The molecule has 0 aromatic carbocycles. The average molecular weight is 136 g/mol. The smallest absolute Gasteiger partial charge is 0.0985 e. The number of halogens is 1. The Morgan fingerprint density at radius 1 is 1.62 bits per heavy atom. The Labute approximate surface area is 55.7 Å². The second-order valence-electron chi connectivity index (χ2n) is 1.91. The third-order valence-electron chi connectivity index (χ3n) is 1.05. The Kier molecular flexibility index (Phi) is 5.56. The number of rotatable bonds is 4. The Balaban J connectivity index is 2.86. The summed E-state index contributed by atoms with van der Waals surface area (Å²) in [5.74, 6) is 0. The summed E-state index contributed by atoms with van der Waals surface area (Å²) in [4.78, 5) is 0. The molecular formula is C6H12ClO. The molecule has 8 heavy (non-hydrogen) atoms.